The zero-order valence-electron chi connectivity index (χ0n) is 12.8. The number of benzene rings is 1. The number of ether oxygens (including phenoxy) is 1. The van der Waals surface area contributed by atoms with Crippen molar-refractivity contribution >= 4 is 0 Å². The minimum absolute atomic E-state index is 0.0755. The summed E-state index contributed by atoms with van der Waals surface area (Å²) in [5, 5.41) is 9.26. The van der Waals surface area contributed by atoms with E-state index in [9.17, 15) is 5.11 Å². The Bertz CT molecular complexity index is 436. The van der Waals surface area contributed by atoms with Crippen LogP contribution in [-0.4, -0.2) is 55.2 Å². The van der Waals surface area contributed by atoms with Gasteiger partial charge in [-0.25, -0.2) is 0 Å². The summed E-state index contributed by atoms with van der Waals surface area (Å²) in [5.41, 5.74) is 2.08. The summed E-state index contributed by atoms with van der Waals surface area (Å²) < 4.78 is 5.42. The van der Waals surface area contributed by atoms with Gasteiger partial charge in [-0.3, -0.25) is 0 Å². The average molecular weight is 278 g/mol. The highest BCUT2D eigenvalue weighted by molar-refractivity contribution is 5.37. The monoisotopic (exact) mass is 278 g/mol. The maximum atomic E-state index is 9.26. The number of rotatable bonds is 6. The first-order valence-electron chi connectivity index (χ1n) is 7.29. The maximum absolute atomic E-state index is 9.26. The summed E-state index contributed by atoms with van der Waals surface area (Å²) in [6.07, 6.45) is 2.59. The third-order valence-electron chi connectivity index (χ3n) is 4.16. The maximum Gasteiger partial charge on any atom is 0.123 e. The summed E-state index contributed by atoms with van der Waals surface area (Å²) in [6.45, 7) is 3.21. The van der Waals surface area contributed by atoms with Crippen molar-refractivity contribution in [2.75, 3.05) is 34.3 Å². The van der Waals surface area contributed by atoms with Gasteiger partial charge in [-0.05, 0) is 51.2 Å². The molecule has 1 heterocycles. The fourth-order valence-corrected chi connectivity index (χ4v) is 2.98. The zero-order valence-corrected chi connectivity index (χ0v) is 12.8. The lowest BCUT2D eigenvalue weighted by molar-refractivity contribution is 0.213. The number of aliphatic hydroxyl groups excluding tert-OH is 1. The smallest absolute Gasteiger partial charge is 0.123 e. The van der Waals surface area contributed by atoms with Crippen molar-refractivity contribution in [1.82, 2.24) is 9.80 Å². The highest BCUT2D eigenvalue weighted by Crippen LogP contribution is 2.22. The first-order chi connectivity index (χ1) is 9.63. The Kier molecular flexibility index (Phi) is 5.40. The topological polar surface area (TPSA) is 35.9 Å². The van der Waals surface area contributed by atoms with Crippen molar-refractivity contribution in [3.63, 3.8) is 0 Å². The average Bonchev–Trinajstić information content (AvgIpc) is 2.84. The number of aliphatic hydroxyl groups is 1. The van der Waals surface area contributed by atoms with Crippen LogP contribution in [0.15, 0.2) is 18.2 Å². The van der Waals surface area contributed by atoms with Crippen LogP contribution in [0.25, 0.3) is 0 Å². The SMILES string of the molecule is COc1ccc(CO)cc1CN(C)CC1CCCN1C. The predicted octanol–water partition coefficient (Wildman–Crippen LogP) is 1.71. The normalized spacial score (nSPS) is 19.8. The van der Waals surface area contributed by atoms with E-state index in [1.807, 2.05) is 18.2 Å². The van der Waals surface area contributed by atoms with Crippen LogP contribution in [0.4, 0.5) is 0 Å². The lowest BCUT2D eigenvalue weighted by atomic mass is 10.1. The lowest BCUT2D eigenvalue weighted by Crippen LogP contribution is -2.36. The number of hydrogen-bond acceptors (Lipinski definition) is 4. The van der Waals surface area contributed by atoms with Gasteiger partial charge in [0.2, 0.25) is 0 Å². The molecule has 0 spiro atoms. The molecule has 1 aliphatic rings. The molecule has 4 nitrogen and oxygen atoms in total. The molecule has 1 fully saturated rings. The summed E-state index contributed by atoms with van der Waals surface area (Å²) in [6, 6.07) is 6.55. The van der Waals surface area contributed by atoms with E-state index in [1.54, 1.807) is 7.11 Å². The second kappa shape index (κ2) is 7.07. The minimum Gasteiger partial charge on any atom is -0.496 e. The van der Waals surface area contributed by atoms with Crippen LogP contribution in [-0.2, 0) is 13.2 Å². The van der Waals surface area contributed by atoms with Gasteiger partial charge in [0.05, 0.1) is 13.7 Å². The third kappa shape index (κ3) is 3.72. The van der Waals surface area contributed by atoms with Gasteiger partial charge in [0.1, 0.15) is 5.75 Å². The van der Waals surface area contributed by atoms with Crippen molar-refractivity contribution in [3.8, 4) is 5.75 Å². The summed E-state index contributed by atoms with van der Waals surface area (Å²) >= 11 is 0. The van der Waals surface area contributed by atoms with Crippen molar-refractivity contribution in [1.29, 1.82) is 0 Å². The van der Waals surface area contributed by atoms with E-state index < -0.39 is 0 Å². The molecular weight excluding hydrogens is 252 g/mol. The van der Waals surface area contributed by atoms with Crippen LogP contribution in [0.5, 0.6) is 5.75 Å². The molecule has 112 valence electrons. The molecular formula is C16H26N2O2. The molecule has 0 bridgehead atoms. The van der Waals surface area contributed by atoms with Crippen LogP contribution < -0.4 is 4.74 Å². The standard InChI is InChI=1S/C16H26N2O2/c1-17(11-15-5-4-8-18(15)2)10-14-9-13(12-19)6-7-16(14)20-3/h6-7,9,15,19H,4-5,8,10-12H2,1-3H3. The molecule has 1 aromatic carbocycles. The molecule has 1 N–H and O–H groups in total. The van der Waals surface area contributed by atoms with Crippen LogP contribution in [0, 0.1) is 0 Å². The first kappa shape index (κ1) is 15.3. The van der Waals surface area contributed by atoms with Gasteiger partial charge in [-0.15, -0.1) is 0 Å². The van der Waals surface area contributed by atoms with E-state index in [0.29, 0.717) is 6.04 Å². The second-order valence-electron chi connectivity index (χ2n) is 5.78. The molecule has 1 aliphatic heterocycles. The van der Waals surface area contributed by atoms with Crippen LogP contribution in [0.2, 0.25) is 0 Å². The van der Waals surface area contributed by atoms with Crippen molar-refractivity contribution < 1.29 is 9.84 Å². The number of likely N-dealkylation sites (tertiary alicyclic amines) is 1. The molecule has 0 amide bonds. The second-order valence-corrected chi connectivity index (χ2v) is 5.78. The van der Waals surface area contributed by atoms with E-state index in [4.69, 9.17) is 4.74 Å². The molecule has 0 saturated carbocycles. The van der Waals surface area contributed by atoms with Crippen LogP contribution in [0.3, 0.4) is 0 Å². The van der Waals surface area contributed by atoms with E-state index in [-0.39, 0.29) is 6.61 Å². The van der Waals surface area contributed by atoms with Crippen molar-refractivity contribution in [2.45, 2.75) is 32.0 Å². The predicted molar refractivity (Wildman–Crippen MR) is 80.9 cm³/mol. The van der Waals surface area contributed by atoms with Crippen LogP contribution in [0.1, 0.15) is 24.0 Å². The number of hydrogen-bond donors (Lipinski definition) is 1. The van der Waals surface area contributed by atoms with Crippen LogP contribution >= 0.6 is 0 Å². The van der Waals surface area contributed by atoms with Gasteiger partial charge >= 0.3 is 0 Å². The molecule has 0 aliphatic carbocycles. The van der Waals surface area contributed by atoms with E-state index >= 15 is 0 Å². The zero-order chi connectivity index (χ0) is 14.5. The molecule has 0 aromatic heterocycles. The Morgan fingerprint density at radius 2 is 2.25 bits per heavy atom. The highest BCUT2D eigenvalue weighted by Gasteiger charge is 2.22. The number of methoxy groups -OCH3 is 1. The van der Waals surface area contributed by atoms with Gasteiger partial charge in [-0.1, -0.05) is 6.07 Å². The summed E-state index contributed by atoms with van der Waals surface area (Å²) in [4.78, 5) is 4.78. The molecule has 1 unspecified atom stereocenters. The molecule has 1 aromatic rings. The van der Waals surface area contributed by atoms with Gasteiger partial charge in [0, 0.05) is 24.7 Å². The molecule has 1 saturated heterocycles. The van der Waals surface area contributed by atoms with Crippen molar-refractivity contribution in [2.24, 2.45) is 0 Å². The van der Waals surface area contributed by atoms with Crippen molar-refractivity contribution in [3.05, 3.63) is 29.3 Å². The van der Waals surface area contributed by atoms with Gasteiger partial charge < -0.3 is 19.6 Å². The van der Waals surface area contributed by atoms with E-state index in [1.165, 1.54) is 19.4 Å². The molecule has 4 heteroatoms. The Balaban J connectivity index is 2.00. The third-order valence-corrected chi connectivity index (χ3v) is 4.16. The summed E-state index contributed by atoms with van der Waals surface area (Å²) in [5.74, 6) is 0.897. The Morgan fingerprint density at radius 1 is 1.45 bits per heavy atom. The van der Waals surface area contributed by atoms with Gasteiger partial charge in [-0.2, -0.15) is 0 Å². The number of likely N-dealkylation sites (N-methyl/N-ethyl adjacent to an activating group) is 2. The van der Waals surface area contributed by atoms with Gasteiger partial charge in [0.15, 0.2) is 0 Å². The Morgan fingerprint density at radius 3 is 2.85 bits per heavy atom. The number of nitrogens with zero attached hydrogens (tertiary/aromatic N) is 2. The highest BCUT2D eigenvalue weighted by atomic mass is 16.5. The van der Waals surface area contributed by atoms with E-state index in [0.717, 1.165) is 30.0 Å². The minimum atomic E-state index is 0.0755. The van der Waals surface area contributed by atoms with Gasteiger partial charge in [0.25, 0.3) is 0 Å². The van der Waals surface area contributed by atoms with E-state index in [2.05, 4.69) is 23.9 Å². The largest absolute Gasteiger partial charge is 0.496 e. The molecule has 0 radical (unpaired) electrons. The molecule has 1 atom stereocenters. The summed E-state index contributed by atoms with van der Waals surface area (Å²) in [7, 11) is 6.05. The Hall–Kier alpha value is -1.10. The fourth-order valence-electron chi connectivity index (χ4n) is 2.98. The molecule has 20 heavy (non-hydrogen) atoms. The Labute approximate surface area is 122 Å². The fraction of sp³-hybridized carbons (Fsp3) is 0.625. The molecule has 2 rings (SSSR count). The first-order valence-corrected chi connectivity index (χ1v) is 7.29. The quantitative estimate of drug-likeness (QED) is 0.859. The lowest BCUT2D eigenvalue weighted by Gasteiger charge is -2.26.